The summed E-state index contributed by atoms with van der Waals surface area (Å²) >= 11 is 0. The van der Waals surface area contributed by atoms with Crippen molar-refractivity contribution in [2.75, 3.05) is 39.8 Å². The van der Waals surface area contributed by atoms with Crippen LogP contribution in [0.25, 0.3) is 0 Å². The summed E-state index contributed by atoms with van der Waals surface area (Å²) in [5.41, 5.74) is 0. The molecule has 0 aromatic rings. The first kappa shape index (κ1) is 14.2. The second kappa shape index (κ2) is 6.33. The molecular formula is C16H30N4. The van der Waals surface area contributed by atoms with Crippen molar-refractivity contribution >= 4 is 5.96 Å². The van der Waals surface area contributed by atoms with E-state index in [2.05, 4.69) is 27.0 Å². The Hall–Kier alpha value is -0.770. The smallest absolute Gasteiger partial charge is 0.193 e. The van der Waals surface area contributed by atoms with Gasteiger partial charge in [-0.1, -0.05) is 6.92 Å². The van der Waals surface area contributed by atoms with Gasteiger partial charge < -0.3 is 15.1 Å². The largest absolute Gasteiger partial charge is 0.356 e. The Labute approximate surface area is 123 Å². The van der Waals surface area contributed by atoms with Crippen molar-refractivity contribution in [2.45, 2.75) is 45.1 Å². The lowest BCUT2D eigenvalue weighted by Gasteiger charge is -2.34. The van der Waals surface area contributed by atoms with E-state index in [1.165, 1.54) is 58.3 Å². The molecule has 1 N–H and O–H groups in total. The predicted molar refractivity (Wildman–Crippen MR) is 84.0 cm³/mol. The summed E-state index contributed by atoms with van der Waals surface area (Å²) in [5, 5.41) is 3.63. The first-order valence-electron chi connectivity index (χ1n) is 8.46. The standard InChI is InChI=1S/C16H30N4/c1-13-4-3-8-20(11-13)16(17-2)18-10-14-7-9-19(12-14)15-5-6-15/h13-15H,3-12H2,1-2H3,(H,17,18). The second-order valence-corrected chi connectivity index (χ2v) is 7.00. The molecule has 0 aromatic carbocycles. The molecule has 0 bridgehead atoms. The normalized spacial score (nSPS) is 32.7. The van der Waals surface area contributed by atoms with E-state index in [0.717, 1.165) is 30.4 Å². The van der Waals surface area contributed by atoms with Crippen LogP contribution in [-0.4, -0.2) is 61.6 Å². The van der Waals surface area contributed by atoms with Crippen LogP contribution in [0.5, 0.6) is 0 Å². The fraction of sp³-hybridized carbons (Fsp3) is 0.938. The lowest BCUT2D eigenvalue weighted by Crippen LogP contribution is -2.47. The van der Waals surface area contributed by atoms with Gasteiger partial charge in [0.1, 0.15) is 0 Å². The Morgan fingerprint density at radius 3 is 2.70 bits per heavy atom. The Balaban J connectivity index is 1.44. The first-order chi connectivity index (χ1) is 9.76. The molecule has 3 rings (SSSR count). The molecular weight excluding hydrogens is 248 g/mol. The van der Waals surface area contributed by atoms with Crippen LogP contribution < -0.4 is 5.32 Å². The van der Waals surface area contributed by atoms with Crippen LogP contribution in [0.1, 0.15) is 39.0 Å². The Bertz CT molecular complexity index is 350. The lowest BCUT2D eigenvalue weighted by molar-refractivity contribution is 0.264. The minimum absolute atomic E-state index is 0.805. The zero-order valence-electron chi connectivity index (χ0n) is 13.1. The first-order valence-corrected chi connectivity index (χ1v) is 8.46. The number of hydrogen-bond donors (Lipinski definition) is 1. The van der Waals surface area contributed by atoms with Gasteiger partial charge in [0.25, 0.3) is 0 Å². The number of likely N-dealkylation sites (tertiary alicyclic amines) is 2. The van der Waals surface area contributed by atoms with Crippen molar-refractivity contribution in [1.29, 1.82) is 0 Å². The van der Waals surface area contributed by atoms with Crippen molar-refractivity contribution in [2.24, 2.45) is 16.8 Å². The van der Waals surface area contributed by atoms with Gasteiger partial charge in [0.05, 0.1) is 0 Å². The van der Waals surface area contributed by atoms with Crippen molar-refractivity contribution in [3.8, 4) is 0 Å². The Kier molecular flexibility index (Phi) is 4.49. The summed E-state index contributed by atoms with van der Waals surface area (Å²) in [6, 6.07) is 0.933. The van der Waals surface area contributed by atoms with Crippen molar-refractivity contribution in [3.63, 3.8) is 0 Å². The van der Waals surface area contributed by atoms with Crippen LogP contribution in [0.15, 0.2) is 4.99 Å². The zero-order chi connectivity index (χ0) is 13.9. The summed E-state index contributed by atoms with van der Waals surface area (Å²) in [7, 11) is 1.92. The van der Waals surface area contributed by atoms with Gasteiger partial charge >= 0.3 is 0 Å². The topological polar surface area (TPSA) is 30.9 Å². The van der Waals surface area contributed by atoms with E-state index in [4.69, 9.17) is 0 Å². The molecule has 0 spiro atoms. The maximum Gasteiger partial charge on any atom is 0.193 e. The predicted octanol–water partition coefficient (Wildman–Crippen LogP) is 1.78. The maximum atomic E-state index is 4.49. The van der Waals surface area contributed by atoms with Crippen LogP contribution in [0.3, 0.4) is 0 Å². The third-order valence-electron chi connectivity index (χ3n) is 5.10. The van der Waals surface area contributed by atoms with Crippen LogP contribution in [0.2, 0.25) is 0 Å². The third-order valence-corrected chi connectivity index (χ3v) is 5.10. The SMILES string of the molecule is CN=C(NCC1CCN(C2CC2)C1)N1CCCC(C)C1. The Morgan fingerprint density at radius 1 is 1.15 bits per heavy atom. The number of nitrogens with one attached hydrogen (secondary N) is 1. The van der Waals surface area contributed by atoms with E-state index >= 15 is 0 Å². The van der Waals surface area contributed by atoms with E-state index in [1.54, 1.807) is 0 Å². The van der Waals surface area contributed by atoms with Crippen molar-refractivity contribution in [3.05, 3.63) is 0 Å². The molecule has 3 fully saturated rings. The summed E-state index contributed by atoms with van der Waals surface area (Å²) in [6.07, 6.45) is 6.91. The highest BCUT2D eigenvalue weighted by Crippen LogP contribution is 2.31. The molecule has 2 heterocycles. The number of guanidine groups is 1. The third kappa shape index (κ3) is 3.46. The van der Waals surface area contributed by atoms with Gasteiger partial charge in [-0.05, 0) is 50.5 Å². The average Bonchev–Trinajstić information content (AvgIpc) is 3.19. The molecule has 0 aromatic heterocycles. The van der Waals surface area contributed by atoms with Gasteiger partial charge in [-0.25, -0.2) is 0 Å². The molecule has 0 amide bonds. The zero-order valence-corrected chi connectivity index (χ0v) is 13.1. The maximum absolute atomic E-state index is 4.49. The van der Waals surface area contributed by atoms with Gasteiger partial charge in [-0.2, -0.15) is 0 Å². The molecule has 1 aliphatic carbocycles. The van der Waals surface area contributed by atoms with Gasteiger partial charge in [-0.15, -0.1) is 0 Å². The molecule has 2 atom stereocenters. The van der Waals surface area contributed by atoms with Crippen LogP contribution in [0, 0.1) is 11.8 Å². The fourth-order valence-corrected chi connectivity index (χ4v) is 3.75. The molecule has 4 heteroatoms. The molecule has 3 aliphatic rings. The molecule has 4 nitrogen and oxygen atoms in total. The highest BCUT2D eigenvalue weighted by molar-refractivity contribution is 5.80. The molecule has 20 heavy (non-hydrogen) atoms. The number of rotatable bonds is 3. The number of aliphatic imine (C=N–C) groups is 1. The van der Waals surface area contributed by atoms with Crippen LogP contribution in [-0.2, 0) is 0 Å². The summed E-state index contributed by atoms with van der Waals surface area (Å²) in [5.74, 6) is 2.75. The van der Waals surface area contributed by atoms with Gasteiger partial charge in [0, 0.05) is 39.3 Å². The van der Waals surface area contributed by atoms with Crippen molar-refractivity contribution in [1.82, 2.24) is 15.1 Å². The monoisotopic (exact) mass is 278 g/mol. The highest BCUT2D eigenvalue weighted by Gasteiger charge is 2.34. The summed E-state index contributed by atoms with van der Waals surface area (Å²) in [6.45, 7) is 8.40. The number of hydrogen-bond acceptors (Lipinski definition) is 2. The second-order valence-electron chi connectivity index (χ2n) is 7.00. The van der Waals surface area contributed by atoms with E-state index in [9.17, 15) is 0 Å². The average molecular weight is 278 g/mol. The molecule has 2 unspecified atom stereocenters. The van der Waals surface area contributed by atoms with Crippen LogP contribution >= 0.6 is 0 Å². The highest BCUT2D eigenvalue weighted by atomic mass is 15.3. The molecule has 1 saturated carbocycles. The Morgan fingerprint density at radius 2 is 2.00 bits per heavy atom. The number of nitrogens with zero attached hydrogens (tertiary/aromatic N) is 3. The van der Waals surface area contributed by atoms with Crippen LogP contribution in [0.4, 0.5) is 0 Å². The molecule has 2 aliphatic heterocycles. The quantitative estimate of drug-likeness (QED) is 0.630. The van der Waals surface area contributed by atoms with E-state index in [1.807, 2.05) is 7.05 Å². The fourth-order valence-electron chi connectivity index (χ4n) is 3.75. The van der Waals surface area contributed by atoms with Gasteiger partial charge in [0.15, 0.2) is 5.96 Å². The minimum Gasteiger partial charge on any atom is -0.356 e. The molecule has 0 radical (unpaired) electrons. The van der Waals surface area contributed by atoms with E-state index in [0.29, 0.717) is 0 Å². The van der Waals surface area contributed by atoms with E-state index < -0.39 is 0 Å². The summed E-state index contributed by atoms with van der Waals surface area (Å²) < 4.78 is 0. The van der Waals surface area contributed by atoms with Gasteiger partial charge in [0.2, 0.25) is 0 Å². The lowest BCUT2D eigenvalue weighted by atomic mass is 10.0. The minimum atomic E-state index is 0.805. The van der Waals surface area contributed by atoms with Crippen molar-refractivity contribution < 1.29 is 0 Å². The summed E-state index contributed by atoms with van der Waals surface area (Å²) in [4.78, 5) is 9.63. The number of piperidine rings is 1. The van der Waals surface area contributed by atoms with E-state index in [-0.39, 0.29) is 0 Å². The molecule has 114 valence electrons. The molecule has 2 saturated heterocycles. The van der Waals surface area contributed by atoms with Gasteiger partial charge in [-0.3, -0.25) is 4.99 Å².